The van der Waals surface area contributed by atoms with Crippen LogP contribution in [0.3, 0.4) is 0 Å². The minimum atomic E-state index is -0.732. The van der Waals surface area contributed by atoms with Crippen LogP contribution in [0.5, 0.6) is 0 Å². The van der Waals surface area contributed by atoms with Crippen molar-refractivity contribution in [2.45, 2.75) is 13.8 Å². The molecule has 0 unspecified atom stereocenters. The SMILES string of the molecule is Cc1ccc(Nc2nc(-n3c(C)nc4ccc(C#N)cc43)nc(N)c2F)cc1. The maximum absolute atomic E-state index is 14.5. The number of hydrogen-bond donors (Lipinski definition) is 2. The normalized spacial score (nSPS) is 10.8. The number of anilines is 3. The molecule has 0 radical (unpaired) electrons. The Morgan fingerprint density at radius 3 is 2.54 bits per heavy atom. The summed E-state index contributed by atoms with van der Waals surface area (Å²) in [5.74, 6) is -0.286. The number of nitrogens with one attached hydrogen (secondary N) is 1. The van der Waals surface area contributed by atoms with Crippen LogP contribution in [-0.4, -0.2) is 19.5 Å². The maximum atomic E-state index is 14.5. The minimum Gasteiger partial charge on any atom is -0.381 e. The smallest absolute Gasteiger partial charge is 0.239 e. The number of aryl methyl sites for hydroxylation is 2. The fraction of sp³-hybridized carbons (Fsp3) is 0.100. The van der Waals surface area contributed by atoms with Crippen LogP contribution < -0.4 is 11.1 Å². The van der Waals surface area contributed by atoms with Gasteiger partial charge in [-0.15, -0.1) is 0 Å². The molecule has 0 amide bonds. The molecule has 0 saturated heterocycles. The van der Waals surface area contributed by atoms with Crippen molar-refractivity contribution in [3.8, 4) is 12.0 Å². The summed E-state index contributed by atoms with van der Waals surface area (Å²) in [6.45, 7) is 3.75. The minimum absolute atomic E-state index is 0.0379. The lowest BCUT2D eigenvalue weighted by atomic mass is 10.2. The Hall–Kier alpha value is -3.99. The number of aromatic nitrogens is 4. The number of nitrogens with zero attached hydrogens (tertiary/aromatic N) is 5. The first-order valence-corrected chi connectivity index (χ1v) is 8.52. The highest BCUT2D eigenvalue weighted by Gasteiger charge is 2.18. The molecule has 2 aromatic heterocycles. The number of nitrogens with two attached hydrogens (primary N) is 1. The average Bonchev–Trinajstić information content (AvgIpc) is 3.01. The van der Waals surface area contributed by atoms with Gasteiger partial charge in [0.2, 0.25) is 11.8 Å². The van der Waals surface area contributed by atoms with Crippen molar-refractivity contribution in [3.63, 3.8) is 0 Å². The van der Waals surface area contributed by atoms with Crippen molar-refractivity contribution in [1.82, 2.24) is 19.5 Å². The van der Waals surface area contributed by atoms with E-state index < -0.39 is 5.82 Å². The standard InChI is InChI=1S/C20H16FN7/c1-11-3-6-14(7-4-11)25-19-17(21)18(23)26-20(27-19)28-12(2)24-15-8-5-13(10-22)9-16(15)28/h3-9H,1-2H3,(H3,23,25,26,27). The topological polar surface area (TPSA) is 105 Å². The van der Waals surface area contributed by atoms with Gasteiger partial charge < -0.3 is 11.1 Å². The quantitative estimate of drug-likeness (QED) is 0.566. The lowest BCUT2D eigenvalue weighted by Crippen LogP contribution is -2.10. The molecule has 0 aliphatic carbocycles. The van der Waals surface area contributed by atoms with Gasteiger partial charge in [-0.25, -0.2) is 4.98 Å². The summed E-state index contributed by atoms with van der Waals surface area (Å²) >= 11 is 0. The van der Waals surface area contributed by atoms with Crippen molar-refractivity contribution < 1.29 is 4.39 Å². The molecule has 4 rings (SSSR count). The first kappa shape index (κ1) is 17.4. The Morgan fingerprint density at radius 1 is 1.07 bits per heavy atom. The van der Waals surface area contributed by atoms with Crippen molar-refractivity contribution in [2.24, 2.45) is 0 Å². The monoisotopic (exact) mass is 373 g/mol. The summed E-state index contributed by atoms with van der Waals surface area (Å²) in [5.41, 5.74) is 9.36. The molecule has 0 aliphatic rings. The third-order valence-electron chi connectivity index (χ3n) is 4.33. The van der Waals surface area contributed by atoms with E-state index in [0.29, 0.717) is 28.1 Å². The van der Waals surface area contributed by atoms with E-state index >= 15 is 0 Å². The molecule has 4 aromatic rings. The summed E-state index contributed by atoms with van der Waals surface area (Å²) in [6.07, 6.45) is 0. The van der Waals surface area contributed by atoms with Gasteiger partial charge in [-0.1, -0.05) is 17.7 Å². The number of halogens is 1. The van der Waals surface area contributed by atoms with Crippen molar-refractivity contribution >= 4 is 28.4 Å². The summed E-state index contributed by atoms with van der Waals surface area (Å²) < 4.78 is 16.2. The van der Waals surface area contributed by atoms with Crippen LogP contribution in [0.25, 0.3) is 17.0 Å². The van der Waals surface area contributed by atoms with Crippen LogP contribution in [0.2, 0.25) is 0 Å². The van der Waals surface area contributed by atoms with E-state index in [9.17, 15) is 9.65 Å². The summed E-state index contributed by atoms with van der Waals surface area (Å²) in [5, 5.41) is 12.1. The molecule has 138 valence electrons. The van der Waals surface area contributed by atoms with Gasteiger partial charge in [-0.2, -0.15) is 19.6 Å². The largest absolute Gasteiger partial charge is 0.381 e. The van der Waals surface area contributed by atoms with E-state index in [1.54, 1.807) is 29.7 Å². The molecule has 0 aliphatic heterocycles. The third kappa shape index (κ3) is 2.99. The zero-order valence-electron chi connectivity index (χ0n) is 15.2. The highest BCUT2D eigenvalue weighted by molar-refractivity contribution is 5.79. The average molecular weight is 373 g/mol. The van der Waals surface area contributed by atoms with E-state index in [0.717, 1.165) is 5.56 Å². The molecule has 0 spiro atoms. The molecular weight excluding hydrogens is 357 g/mol. The predicted molar refractivity (Wildman–Crippen MR) is 105 cm³/mol. The number of imidazole rings is 1. The lowest BCUT2D eigenvalue weighted by Gasteiger charge is -2.12. The van der Waals surface area contributed by atoms with Crippen molar-refractivity contribution in [2.75, 3.05) is 11.1 Å². The zero-order valence-corrected chi connectivity index (χ0v) is 15.2. The van der Waals surface area contributed by atoms with Crippen molar-refractivity contribution in [3.05, 3.63) is 65.2 Å². The second kappa shape index (κ2) is 6.63. The third-order valence-corrected chi connectivity index (χ3v) is 4.33. The molecule has 2 heterocycles. The Kier molecular flexibility index (Phi) is 4.12. The van der Waals surface area contributed by atoms with Gasteiger partial charge in [0.1, 0.15) is 5.82 Å². The lowest BCUT2D eigenvalue weighted by molar-refractivity contribution is 0.622. The van der Waals surface area contributed by atoms with Crippen molar-refractivity contribution in [1.29, 1.82) is 5.26 Å². The number of fused-ring (bicyclic) bond motifs is 1. The van der Waals surface area contributed by atoms with Crippen LogP contribution in [0.4, 0.5) is 21.7 Å². The van der Waals surface area contributed by atoms with E-state index in [2.05, 4.69) is 26.3 Å². The van der Waals surface area contributed by atoms with Crippen LogP contribution in [-0.2, 0) is 0 Å². The number of benzene rings is 2. The van der Waals surface area contributed by atoms with E-state index in [1.807, 2.05) is 31.2 Å². The maximum Gasteiger partial charge on any atom is 0.239 e. The van der Waals surface area contributed by atoms with Gasteiger partial charge in [-0.05, 0) is 44.2 Å². The fourth-order valence-electron chi connectivity index (χ4n) is 2.93. The zero-order chi connectivity index (χ0) is 19.8. The van der Waals surface area contributed by atoms with E-state index in [1.165, 1.54) is 0 Å². The van der Waals surface area contributed by atoms with Gasteiger partial charge >= 0.3 is 0 Å². The van der Waals surface area contributed by atoms with Gasteiger partial charge in [0.15, 0.2) is 11.6 Å². The Labute approximate surface area is 160 Å². The number of rotatable bonds is 3. The fourth-order valence-corrected chi connectivity index (χ4v) is 2.93. The second-order valence-corrected chi connectivity index (χ2v) is 6.37. The first-order valence-electron chi connectivity index (χ1n) is 8.52. The van der Waals surface area contributed by atoms with Gasteiger partial charge in [-0.3, -0.25) is 4.57 Å². The summed E-state index contributed by atoms with van der Waals surface area (Å²) in [4.78, 5) is 12.9. The van der Waals surface area contributed by atoms with Crippen LogP contribution in [0, 0.1) is 31.0 Å². The second-order valence-electron chi connectivity index (χ2n) is 6.37. The molecule has 0 saturated carbocycles. The molecule has 0 atom stereocenters. The summed E-state index contributed by atoms with van der Waals surface area (Å²) in [7, 11) is 0. The van der Waals surface area contributed by atoms with Gasteiger partial charge in [0.05, 0.1) is 22.7 Å². The Balaban J connectivity index is 1.86. The van der Waals surface area contributed by atoms with Crippen LogP contribution in [0.1, 0.15) is 17.0 Å². The Bertz CT molecular complexity index is 1240. The number of nitriles is 1. The molecule has 0 fully saturated rings. The molecule has 2 aromatic carbocycles. The van der Waals surface area contributed by atoms with Crippen LogP contribution in [0.15, 0.2) is 42.5 Å². The number of nitrogen functional groups attached to an aromatic ring is 1. The highest BCUT2D eigenvalue weighted by atomic mass is 19.1. The molecule has 8 heteroatoms. The molecule has 28 heavy (non-hydrogen) atoms. The first-order chi connectivity index (χ1) is 13.5. The van der Waals surface area contributed by atoms with Crippen LogP contribution >= 0.6 is 0 Å². The predicted octanol–water partition coefficient (Wildman–Crippen LogP) is 3.77. The van der Waals surface area contributed by atoms with Gasteiger partial charge in [0.25, 0.3) is 0 Å². The number of hydrogen-bond acceptors (Lipinski definition) is 6. The molecule has 7 nitrogen and oxygen atoms in total. The van der Waals surface area contributed by atoms with E-state index in [4.69, 9.17) is 5.73 Å². The molecular formula is C20H16FN7. The highest BCUT2D eigenvalue weighted by Crippen LogP contribution is 2.26. The van der Waals surface area contributed by atoms with E-state index in [-0.39, 0.29) is 17.6 Å². The molecule has 3 N–H and O–H groups in total. The Morgan fingerprint density at radius 2 is 1.82 bits per heavy atom. The molecule has 0 bridgehead atoms. The van der Waals surface area contributed by atoms with Gasteiger partial charge in [0, 0.05) is 5.69 Å². The summed E-state index contributed by atoms with van der Waals surface area (Å²) in [6, 6.07) is 14.7.